The van der Waals surface area contributed by atoms with Gasteiger partial charge in [-0.25, -0.2) is 4.79 Å². The molecule has 1 aliphatic rings. The molecule has 0 aromatic carbocycles. The highest BCUT2D eigenvalue weighted by molar-refractivity contribution is 6.27. The zero-order valence-electron chi connectivity index (χ0n) is 9.67. The van der Waals surface area contributed by atoms with Gasteiger partial charge in [0.05, 0.1) is 0 Å². The van der Waals surface area contributed by atoms with Gasteiger partial charge >= 0.3 is 12.3 Å². The number of ether oxygens (including phenoxy) is 1. The van der Waals surface area contributed by atoms with Crippen molar-refractivity contribution in [3.63, 3.8) is 0 Å². The van der Waals surface area contributed by atoms with E-state index in [0.717, 1.165) is 31.9 Å². The second-order valence-corrected chi connectivity index (χ2v) is 4.31. The molecule has 0 radical (unpaired) electrons. The molecule has 0 unspecified atom stereocenters. The minimum Gasteiger partial charge on any atom is -0.438 e. The number of nitrogens with two attached hydrogens (primary N) is 1. The van der Waals surface area contributed by atoms with Crippen molar-refractivity contribution in [3.8, 4) is 0 Å². The third-order valence-electron chi connectivity index (χ3n) is 3.03. The molecule has 6 heteroatoms. The molecule has 94 valence electrons. The van der Waals surface area contributed by atoms with Crippen molar-refractivity contribution in [3.05, 3.63) is 5.53 Å². The van der Waals surface area contributed by atoms with Gasteiger partial charge in [0, 0.05) is 0 Å². The normalized spacial score (nSPS) is 17.9. The lowest BCUT2D eigenvalue weighted by Crippen LogP contribution is -2.33. The first-order chi connectivity index (χ1) is 8.13. The molecule has 1 amide bonds. The zero-order chi connectivity index (χ0) is 12.7. The fourth-order valence-electron chi connectivity index (χ4n) is 2.23. The Hall–Kier alpha value is -1.68. The first kappa shape index (κ1) is 13.4. The van der Waals surface area contributed by atoms with Crippen molar-refractivity contribution in [1.82, 2.24) is 0 Å². The molecular formula is C11H17N3O3. The smallest absolute Gasteiger partial charge is 0.405 e. The lowest BCUT2D eigenvalue weighted by Gasteiger charge is -2.24. The molecule has 2 N–H and O–H groups in total. The topological polar surface area (TPSA) is 106 Å². The van der Waals surface area contributed by atoms with Crippen molar-refractivity contribution in [1.29, 1.82) is 0 Å². The van der Waals surface area contributed by atoms with E-state index in [1.54, 1.807) is 0 Å². The summed E-state index contributed by atoms with van der Waals surface area (Å²) < 4.78 is 4.75. The van der Waals surface area contributed by atoms with E-state index in [1.165, 1.54) is 6.42 Å². The largest absolute Gasteiger partial charge is 0.438 e. The molecule has 0 heterocycles. The van der Waals surface area contributed by atoms with Crippen LogP contribution in [0.5, 0.6) is 0 Å². The molecule has 0 spiro atoms. The predicted octanol–water partition coefficient (Wildman–Crippen LogP) is 1.29. The van der Waals surface area contributed by atoms with Gasteiger partial charge in [-0.2, -0.15) is 4.79 Å². The van der Waals surface area contributed by atoms with Gasteiger partial charge in [-0.05, 0) is 12.3 Å². The Morgan fingerprint density at radius 3 is 2.59 bits per heavy atom. The van der Waals surface area contributed by atoms with Crippen LogP contribution >= 0.6 is 0 Å². The fraction of sp³-hybridized carbons (Fsp3) is 0.727. The van der Waals surface area contributed by atoms with Crippen LogP contribution in [0.25, 0.3) is 5.53 Å². The Labute approximate surface area is 99.7 Å². The van der Waals surface area contributed by atoms with E-state index >= 15 is 0 Å². The third-order valence-corrected chi connectivity index (χ3v) is 3.03. The summed E-state index contributed by atoms with van der Waals surface area (Å²) in [5.41, 5.74) is 13.2. The Kier molecular flexibility index (Phi) is 5.36. The van der Waals surface area contributed by atoms with E-state index in [9.17, 15) is 9.59 Å². The van der Waals surface area contributed by atoms with Gasteiger partial charge in [0.15, 0.2) is 6.10 Å². The summed E-state index contributed by atoms with van der Waals surface area (Å²) >= 11 is 0. The molecule has 1 rings (SSSR count). The number of ketones is 1. The maximum Gasteiger partial charge on any atom is 0.405 e. The summed E-state index contributed by atoms with van der Waals surface area (Å²) in [6.45, 7) is 0. The third kappa shape index (κ3) is 4.78. The van der Waals surface area contributed by atoms with Crippen molar-refractivity contribution in [2.24, 2.45) is 11.7 Å². The lowest BCUT2D eigenvalue weighted by atomic mass is 9.85. The number of Topliss-reactive ketones (excluding diaryl/α,β-unsaturated/α-hetero) is 1. The number of carbonyl (C=O) groups is 2. The van der Waals surface area contributed by atoms with Crippen LogP contribution in [0.3, 0.4) is 0 Å². The van der Waals surface area contributed by atoms with Crippen LogP contribution < -0.4 is 5.73 Å². The standard InChI is InChI=1S/C11H17N3O3/c12-11(16)17-10(9(15)7-14-13)6-8-4-2-1-3-5-8/h7-8,10H,1-6H2,(H2,12,16)/t10-/m0/s1. The minimum atomic E-state index is -0.981. The maximum atomic E-state index is 11.5. The van der Waals surface area contributed by atoms with E-state index in [1.807, 2.05) is 0 Å². The molecule has 0 aromatic rings. The van der Waals surface area contributed by atoms with Crippen LogP contribution in [0, 0.1) is 5.92 Å². The minimum absolute atomic E-state index is 0.365. The van der Waals surface area contributed by atoms with Crippen LogP contribution in [0.4, 0.5) is 4.79 Å². The van der Waals surface area contributed by atoms with Crippen molar-refractivity contribution in [2.75, 3.05) is 0 Å². The molecule has 0 saturated heterocycles. The number of nitrogens with zero attached hydrogens (tertiary/aromatic N) is 2. The van der Waals surface area contributed by atoms with E-state index < -0.39 is 18.0 Å². The van der Waals surface area contributed by atoms with Gasteiger partial charge < -0.3 is 16.0 Å². The first-order valence-corrected chi connectivity index (χ1v) is 5.81. The molecule has 6 nitrogen and oxygen atoms in total. The highest BCUT2D eigenvalue weighted by atomic mass is 16.6. The molecule has 1 fully saturated rings. The summed E-state index contributed by atoms with van der Waals surface area (Å²) in [5, 5.41) is 0. The SMILES string of the molecule is [N-]=[N+]=CC(=O)[C@H](CC1CCCCC1)OC(N)=O. The average Bonchev–Trinajstić information content (AvgIpc) is 2.29. The van der Waals surface area contributed by atoms with Crippen LogP contribution in [0.1, 0.15) is 38.5 Å². The summed E-state index contributed by atoms with van der Waals surface area (Å²) in [7, 11) is 0. The number of primary amides is 1. The molecule has 1 aliphatic carbocycles. The van der Waals surface area contributed by atoms with Crippen LogP contribution in [-0.2, 0) is 9.53 Å². The highest BCUT2D eigenvalue weighted by Crippen LogP contribution is 2.28. The maximum absolute atomic E-state index is 11.5. The van der Waals surface area contributed by atoms with Gasteiger partial charge in [0.2, 0.25) is 0 Å². The van der Waals surface area contributed by atoms with Crippen molar-refractivity contribution < 1.29 is 19.1 Å². The van der Waals surface area contributed by atoms with Crippen LogP contribution in [-0.4, -0.2) is 29.0 Å². The first-order valence-electron chi connectivity index (χ1n) is 5.81. The molecule has 1 atom stereocenters. The number of hydrogen-bond acceptors (Lipinski definition) is 3. The molecule has 17 heavy (non-hydrogen) atoms. The number of hydrogen-bond donors (Lipinski definition) is 1. The Bertz CT molecular complexity index is 331. The lowest BCUT2D eigenvalue weighted by molar-refractivity contribution is -0.124. The number of carbonyl (C=O) groups excluding carboxylic acids is 2. The van der Waals surface area contributed by atoms with Crippen LogP contribution in [0.2, 0.25) is 0 Å². The van der Waals surface area contributed by atoms with Gasteiger partial charge in [-0.1, -0.05) is 32.1 Å². The second-order valence-electron chi connectivity index (χ2n) is 4.31. The number of amides is 1. The monoisotopic (exact) mass is 239 g/mol. The number of rotatable bonds is 5. The highest BCUT2D eigenvalue weighted by Gasteiger charge is 2.27. The van der Waals surface area contributed by atoms with Crippen LogP contribution in [0.15, 0.2) is 0 Å². The van der Waals surface area contributed by atoms with Crippen molar-refractivity contribution >= 4 is 18.1 Å². The average molecular weight is 239 g/mol. The summed E-state index contributed by atoms with van der Waals surface area (Å²) in [6.07, 6.45) is 4.84. The van der Waals surface area contributed by atoms with Gasteiger partial charge in [-0.3, -0.25) is 4.79 Å². The summed E-state index contributed by atoms with van der Waals surface area (Å²) in [6, 6.07) is 0. The van der Waals surface area contributed by atoms with E-state index in [-0.39, 0.29) is 0 Å². The van der Waals surface area contributed by atoms with E-state index in [2.05, 4.69) is 4.79 Å². The quantitative estimate of drug-likeness (QED) is 0.443. The summed E-state index contributed by atoms with van der Waals surface area (Å²) in [4.78, 5) is 24.9. The van der Waals surface area contributed by atoms with Gasteiger partial charge in [0.1, 0.15) is 0 Å². The van der Waals surface area contributed by atoms with Gasteiger partial charge in [0.25, 0.3) is 5.78 Å². The van der Waals surface area contributed by atoms with E-state index in [4.69, 9.17) is 16.0 Å². The second kappa shape index (κ2) is 6.81. The zero-order valence-corrected chi connectivity index (χ0v) is 9.67. The summed E-state index contributed by atoms with van der Waals surface area (Å²) in [5.74, 6) is -0.166. The van der Waals surface area contributed by atoms with Crippen molar-refractivity contribution in [2.45, 2.75) is 44.6 Å². The Morgan fingerprint density at radius 2 is 2.06 bits per heavy atom. The predicted molar refractivity (Wildman–Crippen MR) is 60.3 cm³/mol. The molecule has 0 bridgehead atoms. The molecule has 0 aliphatic heterocycles. The van der Waals surface area contributed by atoms with E-state index in [0.29, 0.717) is 12.3 Å². The Morgan fingerprint density at radius 1 is 1.41 bits per heavy atom. The van der Waals surface area contributed by atoms with Gasteiger partial charge in [-0.15, -0.1) is 0 Å². The molecule has 1 saturated carbocycles. The molecular weight excluding hydrogens is 222 g/mol. The fourth-order valence-corrected chi connectivity index (χ4v) is 2.23. The Balaban J connectivity index is 2.58. The molecule has 0 aromatic heterocycles.